The van der Waals surface area contributed by atoms with Crippen LogP contribution in [0.15, 0.2) is 72.8 Å². The average Bonchev–Trinajstić information content (AvgIpc) is 2.89. The molecule has 0 amide bonds. The number of carbonyl (C=O) groups excluding carboxylic acids is 1. The van der Waals surface area contributed by atoms with E-state index in [-0.39, 0.29) is 5.97 Å². The van der Waals surface area contributed by atoms with Crippen LogP contribution in [0.4, 0.5) is 5.82 Å². The predicted octanol–water partition coefficient (Wildman–Crippen LogP) is 3.87. The van der Waals surface area contributed by atoms with Gasteiger partial charge in [-0.15, -0.1) is 0 Å². The molecule has 0 spiro atoms. The van der Waals surface area contributed by atoms with Crippen LogP contribution in [-0.4, -0.2) is 11.0 Å². The lowest BCUT2D eigenvalue weighted by atomic mass is 9.93. The number of nitrogens with one attached hydrogen (secondary N) is 1. The first-order chi connectivity index (χ1) is 11.7. The molecule has 4 nitrogen and oxygen atoms in total. The summed E-state index contributed by atoms with van der Waals surface area (Å²) in [6, 6.07) is 22.8. The third-order valence-corrected chi connectivity index (χ3v) is 4.14. The molecular formula is C20H16N2O2. The molecule has 0 radical (unpaired) electrons. The van der Waals surface area contributed by atoms with Gasteiger partial charge in [0.15, 0.2) is 0 Å². The van der Waals surface area contributed by atoms with Crippen LogP contribution in [0.1, 0.15) is 27.2 Å². The normalized spacial score (nSPS) is 18.8. The van der Waals surface area contributed by atoms with Gasteiger partial charge in [-0.1, -0.05) is 54.6 Å². The van der Waals surface area contributed by atoms with E-state index in [2.05, 4.69) is 10.3 Å². The summed E-state index contributed by atoms with van der Waals surface area (Å²) in [5.74, 6) is 0.318. The lowest BCUT2D eigenvalue weighted by Crippen LogP contribution is -2.37. The van der Waals surface area contributed by atoms with Crippen LogP contribution in [0.3, 0.4) is 0 Å². The van der Waals surface area contributed by atoms with Gasteiger partial charge < -0.3 is 10.1 Å². The minimum Gasteiger partial charge on any atom is -0.427 e. The molecule has 0 unspecified atom stereocenters. The predicted molar refractivity (Wildman–Crippen MR) is 91.7 cm³/mol. The van der Waals surface area contributed by atoms with E-state index in [1.165, 1.54) is 0 Å². The van der Waals surface area contributed by atoms with Crippen molar-refractivity contribution in [3.63, 3.8) is 0 Å². The van der Waals surface area contributed by atoms with Gasteiger partial charge in [-0.2, -0.15) is 0 Å². The molecule has 0 fully saturated rings. The zero-order valence-electron chi connectivity index (χ0n) is 13.2. The molecule has 0 aliphatic carbocycles. The Balaban J connectivity index is 1.91. The number of pyridine rings is 1. The molecule has 2 aromatic carbocycles. The first-order valence-corrected chi connectivity index (χ1v) is 7.79. The number of rotatable bonds is 3. The lowest BCUT2D eigenvalue weighted by Gasteiger charge is -2.31. The van der Waals surface area contributed by atoms with E-state index in [0.29, 0.717) is 11.4 Å². The van der Waals surface area contributed by atoms with E-state index in [1.807, 2.05) is 73.7 Å². The molecule has 1 N–H and O–H groups in total. The summed E-state index contributed by atoms with van der Waals surface area (Å²) >= 11 is 0. The van der Waals surface area contributed by atoms with E-state index in [4.69, 9.17) is 4.74 Å². The molecule has 2 heterocycles. The Morgan fingerprint density at radius 1 is 0.917 bits per heavy atom. The van der Waals surface area contributed by atoms with Crippen LogP contribution in [0, 0.1) is 6.92 Å². The van der Waals surface area contributed by atoms with Gasteiger partial charge >= 0.3 is 5.97 Å². The molecule has 1 atom stereocenters. The van der Waals surface area contributed by atoms with Crippen LogP contribution >= 0.6 is 0 Å². The van der Waals surface area contributed by atoms with E-state index < -0.39 is 5.72 Å². The highest BCUT2D eigenvalue weighted by molar-refractivity contribution is 5.96. The minimum absolute atomic E-state index is 0.338. The lowest BCUT2D eigenvalue weighted by molar-refractivity contribution is 0.0211. The van der Waals surface area contributed by atoms with Crippen LogP contribution in [0.25, 0.3) is 0 Å². The van der Waals surface area contributed by atoms with E-state index >= 15 is 0 Å². The first-order valence-electron chi connectivity index (χ1n) is 7.79. The second-order valence-corrected chi connectivity index (χ2v) is 5.77. The summed E-state index contributed by atoms with van der Waals surface area (Å²) in [4.78, 5) is 16.9. The van der Waals surface area contributed by atoms with Crippen molar-refractivity contribution in [2.24, 2.45) is 0 Å². The molecule has 0 bridgehead atoms. The fraction of sp³-hybridized carbons (Fsp3) is 0.100. The van der Waals surface area contributed by atoms with Crippen molar-refractivity contribution in [1.82, 2.24) is 4.98 Å². The van der Waals surface area contributed by atoms with Crippen molar-refractivity contribution in [2.75, 3.05) is 5.32 Å². The number of aromatic nitrogens is 1. The summed E-state index contributed by atoms with van der Waals surface area (Å²) in [6.45, 7) is 1.93. The number of aryl methyl sites for hydroxylation is 1. The monoisotopic (exact) mass is 316 g/mol. The second kappa shape index (κ2) is 5.49. The zero-order valence-corrected chi connectivity index (χ0v) is 13.2. The van der Waals surface area contributed by atoms with Gasteiger partial charge in [0.25, 0.3) is 0 Å². The van der Waals surface area contributed by atoms with Crippen molar-refractivity contribution < 1.29 is 9.53 Å². The number of fused-ring (bicyclic) bond motifs is 1. The highest BCUT2D eigenvalue weighted by Gasteiger charge is 2.47. The summed E-state index contributed by atoms with van der Waals surface area (Å²) in [7, 11) is 0. The maximum atomic E-state index is 12.4. The number of anilines is 1. The molecule has 24 heavy (non-hydrogen) atoms. The number of esters is 1. The van der Waals surface area contributed by atoms with E-state index in [9.17, 15) is 4.79 Å². The number of cyclic esters (lactones) is 1. The fourth-order valence-electron chi connectivity index (χ4n) is 3.06. The highest BCUT2D eigenvalue weighted by Crippen LogP contribution is 2.42. The Morgan fingerprint density at radius 3 is 2.46 bits per heavy atom. The molecule has 0 saturated heterocycles. The second-order valence-electron chi connectivity index (χ2n) is 5.77. The molecule has 1 aliphatic heterocycles. The van der Waals surface area contributed by atoms with Crippen molar-refractivity contribution in [3.8, 4) is 0 Å². The summed E-state index contributed by atoms with van der Waals surface area (Å²) in [5, 5.41) is 3.34. The Kier molecular flexibility index (Phi) is 3.31. The summed E-state index contributed by atoms with van der Waals surface area (Å²) in [5.41, 5.74) is 2.04. The van der Waals surface area contributed by atoms with Gasteiger partial charge in [0.1, 0.15) is 5.82 Å². The zero-order chi connectivity index (χ0) is 16.6. The van der Waals surface area contributed by atoms with E-state index in [0.717, 1.165) is 16.8 Å². The maximum Gasteiger partial charge on any atom is 0.341 e. The molecule has 118 valence electrons. The SMILES string of the molecule is Cc1cccc(N[C@@]2(c3ccccc3)OC(=O)c3ccccc32)n1. The number of nitrogens with zero attached hydrogens (tertiary/aromatic N) is 1. The molecule has 0 saturated carbocycles. The van der Waals surface area contributed by atoms with E-state index in [1.54, 1.807) is 6.07 Å². The number of carbonyl (C=O) groups is 1. The third-order valence-electron chi connectivity index (χ3n) is 4.14. The number of benzene rings is 2. The van der Waals surface area contributed by atoms with Crippen molar-refractivity contribution in [3.05, 3.63) is 95.2 Å². The van der Waals surface area contributed by atoms with Gasteiger partial charge in [0.2, 0.25) is 5.72 Å². The molecule has 1 aromatic heterocycles. The van der Waals surface area contributed by atoms with Crippen LogP contribution < -0.4 is 5.32 Å². The maximum absolute atomic E-state index is 12.4. The number of hydrogen-bond acceptors (Lipinski definition) is 4. The first kappa shape index (κ1) is 14.5. The highest BCUT2D eigenvalue weighted by atomic mass is 16.6. The Hall–Kier alpha value is -3.14. The van der Waals surface area contributed by atoms with Crippen LogP contribution in [-0.2, 0) is 10.5 Å². The third kappa shape index (κ3) is 2.24. The van der Waals surface area contributed by atoms with Crippen molar-refractivity contribution >= 4 is 11.8 Å². The van der Waals surface area contributed by atoms with Gasteiger partial charge in [0.05, 0.1) is 5.56 Å². The number of ether oxygens (including phenoxy) is 1. The summed E-state index contributed by atoms with van der Waals surface area (Å²) < 4.78 is 5.86. The quantitative estimate of drug-likeness (QED) is 0.745. The molecule has 4 heteroatoms. The summed E-state index contributed by atoms with van der Waals surface area (Å²) in [6.07, 6.45) is 0. The van der Waals surface area contributed by atoms with Crippen molar-refractivity contribution in [2.45, 2.75) is 12.6 Å². The Bertz CT molecular complexity index is 908. The Morgan fingerprint density at radius 2 is 1.67 bits per heavy atom. The standard InChI is InChI=1S/C20H16N2O2/c1-14-8-7-13-18(21-14)22-20(15-9-3-2-4-10-15)17-12-6-5-11-16(17)19(23)24-20/h2-13H,1H3,(H,21,22)/t20-/m0/s1. The van der Waals surface area contributed by atoms with Crippen LogP contribution in [0.5, 0.6) is 0 Å². The largest absolute Gasteiger partial charge is 0.427 e. The Labute approximate surface area is 140 Å². The average molecular weight is 316 g/mol. The minimum atomic E-state index is -1.07. The van der Waals surface area contributed by atoms with Gasteiger partial charge in [-0.05, 0) is 25.1 Å². The fourth-order valence-corrected chi connectivity index (χ4v) is 3.06. The van der Waals surface area contributed by atoms with Crippen LogP contribution in [0.2, 0.25) is 0 Å². The molecule has 1 aliphatic rings. The topological polar surface area (TPSA) is 51.2 Å². The van der Waals surface area contributed by atoms with Crippen molar-refractivity contribution in [1.29, 1.82) is 0 Å². The molecular weight excluding hydrogens is 300 g/mol. The van der Waals surface area contributed by atoms with Gasteiger partial charge in [-0.3, -0.25) is 0 Å². The van der Waals surface area contributed by atoms with Gasteiger partial charge in [-0.25, -0.2) is 9.78 Å². The molecule has 3 aromatic rings. The smallest absolute Gasteiger partial charge is 0.341 e. The molecule has 4 rings (SSSR count). The number of hydrogen-bond donors (Lipinski definition) is 1. The van der Waals surface area contributed by atoms with Gasteiger partial charge in [0, 0.05) is 16.8 Å².